The maximum absolute atomic E-state index is 13.9. The summed E-state index contributed by atoms with van der Waals surface area (Å²) in [4.78, 5) is 20.8. The standard InChI is InChI=1S/C25H18Cl3FN4O2/c1-14(22-20(27)8-9-21(29)23(22)28)35-19-7-2-4-15(10-19)24-30-12-18(13-31-24)33-25(34)32-17-6-3-5-16(26)11-17/h2-14H,1H3,(H2,32,33,34). The molecule has 0 spiro atoms. The Labute approximate surface area is 216 Å². The number of halogens is 4. The molecule has 10 heteroatoms. The number of carbonyl (C=O) groups is 1. The van der Waals surface area contributed by atoms with E-state index in [1.165, 1.54) is 24.5 Å². The first-order chi connectivity index (χ1) is 16.8. The molecule has 2 N–H and O–H groups in total. The highest BCUT2D eigenvalue weighted by atomic mass is 35.5. The average Bonchev–Trinajstić information content (AvgIpc) is 2.82. The van der Waals surface area contributed by atoms with Gasteiger partial charge < -0.3 is 15.4 Å². The summed E-state index contributed by atoms with van der Waals surface area (Å²) in [6.07, 6.45) is 2.37. The van der Waals surface area contributed by atoms with Gasteiger partial charge in [0, 0.05) is 26.9 Å². The molecule has 0 aliphatic carbocycles. The van der Waals surface area contributed by atoms with Crippen LogP contribution in [-0.4, -0.2) is 16.0 Å². The van der Waals surface area contributed by atoms with Gasteiger partial charge >= 0.3 is 6.03 Å². The number of amides is 2. The lowest BCUT2D eigenvalue weighted by Gasteiger charge is -2.18. The molecule has 0 fully saturated rings. The topological polar surface area (TPSA) is 76.1 Å². The van der Waals surface area contributed by atoms with Crippen molar-refractivity contribution >= 4 is 52.2 Å². The second-order valence-electron chi connectivity index (χ2n) is 7.43. The van der Waals surface area contributed by atoms with Crippen LogP contribution in [0.5, 0.6) is 5.75 Å². The zero-order valence-corrected chi connectivity index (χ0v) is 20.5. The van der Waals surface area contributed by atoms with Crippen LogP contribution in [-0.2, 0) is 0 Å². The van der Waals surface area contributed by atoms with E-state index in [1.54, 1.807) is 49.4 Å². The van der Waals surface area contributed by atoms with Crippen LogP contribution in [0.15, 0.2) is 73.1 Å². The Morgan fingerprint density at radius 1 is 0.943 bits per heavy atom. The first-order valence-corrected chi connectivity index (χ1v) is 11.5. The Kier molecular flexibility index (Phi) is 7.70. The fourth-order valence-electron chi connectivity index (χ4n) is 3.29. The molecule has 4 rings (SSSR count). The summed E-state index contributed by atoms with van der Waals surface area (Å²) < 4.78 is 19.8. The van der Waals surface area contributed by atoms with Gasteiger partial charge in [0.2, 0.25) is 0 Å². The summed E-state index contributed by atoms with van der Waals surface area (Å²) in [5.41, 5.74) is 2.01. The summed E-state index contributed by atoms with van der Waals surface area (Å²) >= 11 is 18.2. The molecule has 0 radical (unpaired) electrons. The fourth-order valence-corrected chi connectivity index (χ4v) is 4.16. The van der Waals surface area contributed by atoms with Crippen molar-refractivity contribution in [1.29, 1.82) is 0 Å². The van der Waals surface area contributed by atoms with E-state index in [9.17, 15) is 9.18 Å². The molecule has 4 aromatic rings. The lowest BCUT2D eigenvalue weighted by molar-refractivity contribution is 0.226. The third-order valence-corrected chi connectivity index (χ3v) is 5.83. The molecule has 0 aliphatic rings. The van der Waals surface area contributed by atoms with E-state index >= 15 is 0 Å². The highest BCUT2D eigenvalue weighted by molar-refractivity contribution is 6.36. The number of aromatic nitrogens is 2. The van der Waals surface area contributed by atoms with Crippen LogP contribution in [0.25, 0.3) is 11.4 Å². The van der Waals surface area contributed by atoms with Crippen LogP contribution < -0.4 is 15.4 Å². The summed E-state index contributed by atoms with van der Waals surface area (Å²) in [5, 5.41) is 6.09. The lowest BCUT2D eigenvalue weighted by Crippen LogP contribution is -2.19. The van der Waals surface area contributed by atoms with Crippen molar-refractivity contribution in [1.82, 2.24) is 9.97 Å². The SMILES string of the molecule is CC(Oc1cccc(-c2ncc(NC(=O)Nc3cccc(Cl)c3)cn2)c1)c1c(Cl)ccc(F)c1Cl. The molecule has 3 aromatic carbocycles. The third kappa shape index (κ3) is 6.19. The molecule has 1 heterocycles. The van der Waals surface area contributed by atoms with E-state index in [0.717, 1.165) is 0 Å². The summed E-state index contributed by atoms with van der Waals surface area (Å²) in [5.74, 6) is 0.349. The first-order valence-electron chi connectivity index (χ1n) is 10.4. The molecule has 0 saturated heterocycles. The van der Waals surface area contributed by atoms with Crippen molar-refractivity contribution in [2.75, 3.05) is 10.6 Å². The van der Waals surface area contributed by atoms with Crippen molar-refractivity contribution in [2.24, 2.45) is 0 Å². The van der Waals surface area contributed by atoms with E-state index in [4.69, 9.17) is 39.5 Å². The number of hydrogen-bond acceptors (Lipinski definition) is 4. The van der Waals surface area contributed by atoms with E-state index in [0.29, 0.717) is 44.1 Å². The molecule has 0 saturated carbocycles. The van der Waals surface area contributed by atoms with E-state index in [1.807, 2.05) is 6.07 Å². The van der Waals surface area contributed by atoms with Crippen LogP contribution in [0.1, 0.15) is 18.6 Å². The van der Waals surface area contributed by atoms with Crippen LogP contribution in [0.2, 0.25) is 15.1 Å². The minimum atomic E-state index is -0.605. The zero-order chi connectivity index (χ0) is 24.9. The molecule has 1 unspecified atom stereocenters. The van der Waals surface area contributed by atoms with Gasteiger partial charge in [-0.25, -0.2) is 19.2 Å². The van der Waals surface area contributed by atoms with Crippen molar-refractivity contribution < 1.29 is 13.9 Å². The molecule has 1 atom stereocenters. The number of hydrogen-bond donors (Lipinski definition) is 2. The Hall–Kier alpha value is -3.39. The minimum absolute atomic E-state index is 0.0769. The first kappa shape index (κ1) is 24.7. The predicted octanol–water partition coefficient (Wildman–Crippen LogP) is 8.03. The van der Waals surface area contributed by atoms with Gasteiger partial charge in [0.05, 0.1) is 23.1 Å². The quantitative estimate of drug-likeness (QED) is 0.247. The van der Waals surface area contributed by atoms with Gasteiger partial charge in [-0.2, -0.15) is 0 Å². The molecular formula is C25H18Cl3FN4O2. The molecular weight excluding hydrogens is 514 g/mol. The van der Waals surface area contributed by atoms with E-state index in [-0.39, 0.29) is 5.02 Å². The third-order valence-electron chi connectivity index (χ3n) is 4.88. The summed E-state index contributed by atoms with van der Waals surface area (Å²) in [6, 6.07) is 16.1. The Morgan fingerprint density at radius 2 is 1.66 bits per heavy atom. The molecule has 6 nitrogen and oxygen atoms in total. The van der Waals surface area contributed by atoms with Crippen molar-refractivity contribution in [2.45, 2.75) is 13.0 Å². The number of carbonyl (C=O) groups excluding carboxylic acids is 1. The highest BCUT2D eigenvalue weighted by Crippen LogP contribution is 2.35. The number of nitrogens with zero attached hydrogens (tertiary/aromatic N) is 2. The van der Waals surface area contributed by atoms with Gasteiger partial charge in [-0.05, 0) is 49.4 Å². The molecule has 1 aromatic heterocycles. The molecule has 2 amide bonds. The number of rotatable bonds is 6. The van der Waals surface area contributed by atoms with Crippen LogP contribution >= 0.6 is 34.8 Å². The largest absolute Gasteiger partial charge is 0.486 e. The van der Waals surface area contributed by atoms with Crippen LogP contribution in [0.4, 0.5) is 20.6 Å². The molecule has 0 bridgehead atoms. The predicted molar refractivity (Wildman–Crippen MR) is 137 cm³/mol. The number of anilines is 2. The van der Waals surface area contributed by atoms with E-state index < -0.39 is 18.0 Å². The smallest absolute Gasteiger partial charge is 0.323 e. The molecule has 178 valence electrons. The van der Waals surface area contributed by atoms with Gasteiger partial charge in [0.1, 0.15) is 17.7 Å². The second-order valence-corrected chi connectivity index (χ2v) is 8.65. The van der Waals surface area contributed by atoms with Crippen molar-refractivity contribution in [3.63, 3.8) is 0 Å². The molecule has 0 aliphatic heterocycles. The molecule has 35 heavy (non-hydrogen) atoms. The maximum Gasteiger partial charge on any atom is 0.323 e. The van der Waals surface area contributed by atoms with Crippen molar-refractivity contribution in [3.8, 4) is 17.1 Å². The Morgan fingerprint density at radius 3 is 2.40 bits per heavy atom. The van der Waals surface area contributed by atoms with Gasteiger partial charge in [-0.1, -0.05) is 53.0 Å². The van der Waals surface area contributed by atoms with Crippen LogP contribution in [0, 0.1) is 5.82 Å². The zero-order valence-electron chi connectivity index (χ0n) is 18.2. The number of benzene rings is 3. The van der Waals surface area contributed by atoms with E-state index in [2.05, 4.69) is 20.6 Å². The highest BCUT2D eigenvalue weighted by Gasteiger charge is 2.19. The van der Waals surface area contributed by atoms with Gasteiger partial charge in [0.15, 0.2) is 5.82 Å². The van der Waals surface area contributed by atoms with Crippen molar-refractivity contribution in [3.05, 3.63) is 99.5 Å². The summed E-state index contributed by atoms with van der Waals surface area (Å²) in [6.45, 7) is 1.73. The average molecular weight is 532 g/mol. The van der Waals surface area contributed by atoms with Crippen LogP contribution in [0.3, 0.4) is 0 Å². The summed E-state index contributed by atoms with van der Waals surface area (Å²) in [7, 11) is 0. The Bertz CT molecular complexity index is 1370. The maximum atomic E-state index is 13.9. The number of urea groups is 1. The number of ether oxygens (including phenoxy) is 1. The lowest BCUT2D eigenvalue weighted by atomic mass is 10.1. The second kappa shape index (κ2) is 10.9. The van der Waals surface area contributed by atoms with Gasteiger partial charge in [-0.3, -0.25) is 0 Å². The van der Waals surface area contributed by atoms with Gasteiger partial charge in [0.25, 0.3) is 0 Å². The minimum Gasteiger partial charge on any atom is -0.486 e. The monoisotopic (exact) mass is 530 g/mol. The normalized spacial score (nSPS) is 11.6. The Balaban J connectivity index is 1.44. The fraction of sp³-hybridized carbons (Fsp3) is 0.0800. The van der Waals surface area contributed by atoms with Gasteiger partial charge in [-0.15, -0.1) is 0 Å². The number of nitrogens with one attached hydrogen (secondary N) is 2.